The molecule has 0 atom stereocenters. The van der Waals surface area contributed by atoms with Gasteiger partial charge in [-0.2, -0.15) is 0 Å². The van der Waals surface area contributed by atoms with Gasteiger partial charge in [-0.05, 0) is 54.9 Å². The number of nitrogens with one attached hydrogen (secondary N) is 1. The summed E-state index contributed by atoms with van der Waals surface area (Å²) >= 11 is 9.79. The Labute approximate surface area is 203 Å². The van der Waals surface area contributed by atoms with Crippen LogP contribution in [-0.2, 0) is 19.6 Å². The maximum atomic E-state index is 6.24. The second-order valence-electron chi connectivity index (χ2n) is 6.75. The monoisotopic (exact) mass is 525 g/mol. The molecule has 0 saturated heterocycles. The molecule has 0 radical (unpaired) electrons. The minimum atomic E-state index is 0. The molecule has 4 nitrogen and oxygen atoms in total. The number of hydrogen-bond donors (Lipinski definition) is 1. The van der Waals surface area contributed by atoms with E-state index in [1.807, 2.05) is 48.5 Å². The molecule has 0 bridgehead atoms. The van der Waals surface area contributed by atoms with Crippen LogP contribution in [0.5, 0.6) is 17.2 Å². The van der Waals surface area contributed by atoms with Crippen molar-refractivity contribution < 1.29 is 14.2 Å². The lowest BCUT2D eigenvalue weighted by Crippen LogP contribution is -2.17. The molecule has 0 saturated carbocycles. The summed E-state index contributed by atoms with van der Waals surface area (Å²) in [5, 5.41) is 4.21. The summed E-state index contributed by atoms with van der Waals surface area (Å²) in [6.45, 7) is 1.95. The van der Waals surface area contributed by atoms with Crippen LogP contribution in [-0.4, -0.2) is 20.8 Å². The molecule has 7 heteroatoms. The van der Waals surface area contributed by atoms with Gasteiger partial charge in [-0.15, -0.1) is 12.4 Å². The minimum Gasteiger partial charge on any atom is -0.493 e. The SMILES string of the molecule is COc1ccc(CCNCc2cc(Br)ccc2OCc2ccccc2Cl)cc1OC.Cl. The van der Waals surface area contributed by atoms with Crippen LogP contribution in [0.1, 0.15) is 16.7 Å². The zero-order chi connectivity index (χ0) is 21.3. The largest absolute Gasteiger partial charge is 0.493 e. The lowest BCUT2D eigenvalue weighted by molar-refractivity contribution is 0.302. The maximum absolute atomic E-state index is 6.24. The van der Waals surface area contributed by atoms with Crippen LogP contribution in [0.4, 0.5) is 0 Å². The van der Waals surface area contributed by atoms with E-state index in [0.717, 1.165) is 45.8 Å². The van der Waals surface area contributed by atoms with E-state index in [9.17, 15) is 0 Å². The average Bonchev–Trinajstić information content (AvgIpc) is 2.77. The van der Waals surface area contributed by atoms with Crippen LogP contribution in [0, 0.1) is 0 Å². The summed E-state index contributed by atoms with van der Waals surface area (Å²) in [7, 11) is 3.29. The molecule has 0 unspecified atom stereocenters. The van der Waals surface area contributed by atoms with E-state index in [2.05, 4.69) is 33.4 Å². The van der Waals surface area contributed by atoms with Gasteiger partial charge in [0.05, 0.1) is 14.2 Å². The molecule has 3 rings (SSSR count). The number of methoxy groups -OCH3 is 2. The second-order valence-corrected chi connectivity index (χ2v) is 8.07. The molecule has 0 heterocycles. The summed E-state index contributed by atoms with van der Waals surface area (Å²) in [6, 6.07) is 19.8. The highest BCUT2D eigenvalue weighted by atomic mass is 79.9. The van der Waals surface area contributed by atoms with Crippen LogP contribution in [0.25, 0.3) is 0 Å². The van der Waals surface area contributed by atoms with E-state index in [0.29, 0.717) is 18.2 Å². The molecule has 0 fully saturated rings. The average molecular weight is 527 g/mol. The number of halogens is 3. The van der Waals surface area contributed by atoms with Crippen molar-refractivity contribution >= 4 is 39.9 Å². The zero-order valence-corrected chi connectivity index (χ0v) is 20.6. The molecule has 0 amide bonds. The van der Waals surface area contributed by atoms with E-state index >= 15 is 0 Å². The van der Waals surface area contributed by atoms with Crippen LogP contribution in [0.15, 0.2) is 65.1 Å². The molecule has 0 aliphatic heterocycles. The molecule has 1 N–H and O–H groups in total. The van der Waals surface area contributed by atoms with Gasteiger partial charge < -0.3 is 19.5 Å². The summed E-state index contributed by atoms with van der Waals surface area (Å²) in [4.78, 5) is 0. The van der Waals surface area contributed by atoms with Gasteiger partial charge in [0, 0.05) is 27.2 Å². The van der Waals surface area contributed by atoms with E-state index in [4.69, 9.17) is 25.8 Å². The Kier molecular flexibility index (Phi) is 10.5. The first-order valence-corrected chi connectivity index (χ1v) is 10.8. The number of ether oxygens (including phenoxy) is 3. The fourth-order valence-electron chi connectivity index (χ4n) is 3.09. The van der Waals surface area contributed by atoms with Crippen molar-refractivity contribution in [2.24, 2.45) is 0 Å². The third-order valence-corrected chi connectivity index (χ3v) is 5.58. The van der Waals surface area contributed by atoms with Crippen molar-refractivity contribution in [3.8, 4) is 17.2 Å². The van der Waals surface area contributed by atoms with Crippen molar-refractivity contribution in [2.45, 2.75) is 19.6 Å². The Bertz CT molecular complexity index is 985. The molecule has 31 heavy (non-hydrogen) atoms. The van der Waals surface area contributed by atoms with Crippen LogP contribution in [0.2, 0.25) is 5.02 Å². The summed E-state index contributed by atoms with van der Waals surface area (Å²) < 4.78 is 17.7. The van der Waals surface area contributed by atoms with Crippen molar-refractivity contribution in [1.82, 2.24) is 5.32 Å². The van der Waals surface area contributed by atoms with Crippen LogP contribution >= 0.6 is 39.9 Å². The third kappa shape index (κ3) is 7.32. The smallest absolute Gasteiger partial charge is 0.160 e. The maximum Gasteiger partial charge on any atom is 0.160 e. The molecule has 166 valence electrons. The predicted octanol–water partition coefficient (Wildman–Crippen LogP) is 6.45. The Morgan fingerprint density at radius 3 is 2.35 bits per heavy atom. The van der Waals surface area contributed by atoms with Crippen LogP contribution in [0.3, 0.4) is 0 Å². The van der Waals surface area contributed by atoms with Crippen LogP contribution < -0.4 is 19.5 Å². The normalized spacial score (nSPS) is 10.3. The van der Waals surface area contributed by atoms with E-state index in [1.54, 1.807) is 14.2 Å². The fourth-order valence-corrected chi connectivity index (χ4v) is 3.69. The van der Waals surface area contributed by atoms with Gasteiger partial charge >= 0.3 is 0 Å². The summed E-state index contributed by atoms with van der Waals surface area (Å²) in [5.74, 6) is 2.33. The van der Waals surface area contributed by atoms with Gasteiger partial charge in [-0.3, -0.25) is 0 Å². The molecule has 3 aromatic carbocycles. The lowest BCUT2D eigenvalue weighted by Gasteiger charge is -2.14. The Balaban J connectivity index is 0.00000341. The first kappa shape index (κ1) is 25.3. The van der Waals surface area contributed by atoms with Gasteiger partial charge in [-0.1, -0.05) is 51.8 Å². The molecule has 0 aliphatic rings. The number of rotatable bonds is 10. The van der Waals surface area contributed by atoms with Gasteiger partial charge in [-0.25, -0.2) is 0 Å². The fraction of sp³-hybridized carbons (Fsp3) is 0.250. The number of benzene rings is 3. The summed E-state index contributed by atoms with van der Waals surface area (Å²) in [6.07, 6.45) is 0.879. The van der Waals surface area contributed by atoms with Gasteiger partial charge in [0.25, 0.3) is 0 Å². The van der Waals surface area contributed by atoms with Gasteiger partial charge in [0.2, 0.25) is 0 Å². The number of hydrogen-bond acceptors (Lipinski definition) is 4. The Morgan fingerprint density at radius 2 is 1.61 bits per heavy atom. The van der Waals surface area contributed by atoms with E-state index in [1.165, 1.54) is 5.56 Å². The zero-order valence-electron chi connectivity index (χ0n) is 17.5. The minimum absolute atomic E-state index is 0. The summed E-state index contributed by atoms with van der Waals surface area (Å²) in [5.41, 5.74) is 3.24. The van der Waals surface area contributed by atoms with Crippen molar-refractivity contribution in [3.63, 3.8) is 0 Å². The van der Waals surface area contributed by atoms with Crippen molar-refractivity contribution in [3.05, 3.63) is 86.8 Å². The quantitative estimate of drug-likeness (QED) is 0.308. The second kappa shape index (κ2) is 12.8. The molecular formula is C24H26BrCl2NO3. The molecule has 0 aliphatic carbocycles. The molecule has 0 spiro atoms. The molecule has 3 aromatic rings. The first-order valence-electron chi connectivity index (χ1n) is 9.67. The standard InChI is InChI=1S/C24H25BrClNO3.ClH/c1-28-23-9-7-17(13-24(23)29-2)11-12-27-15-19-14-20(25)8-10-22(19)30-16-18-5-3-4-6-21(18)26;/h3-10,13-14,27H,11-12,15-16H2,1-2H3;1H. The van der Waals surface area contributed by atoms with Gasteiger partial charge in [0.15, 0.2) is 11.5 Å². The lowest BCUT2D eigenvalue weighted by atomic mass is 10.1. The Morgan fingerprint density at radius 1 is 0.871 bits per heavy atom. The highest BCUT2D eigenvalue weighted by Crippen LogP contribution is 2.28. The first-order chi connectivity index (χ1) is 14.6. The highest BCUT2D eigenvalue weighted by Gasteiger charge is 2.08. The Hall–Kier alpha value is -1.92. The van der Waals surface area contributed by atoms with Crippen molar-refractivity contribution in [2.75, 3.05) is 20.8 Å². The topological polar surface area (TPSA) is 39.7 Å². The highest BCUT2D eigenvalue weighted by molar-refractivity contribution is 9.10. The van der Waals surface area contributed by atoms with E-state index < -0.39 is 0 Å². The van der Waals surface area contributed by atoms with Crippen molar-refractivity contribution in [1.29, 1.82) is 0 Å². The molecular weight excluding hydrogens is 501 g/mol. The predicted molar refractivity (Wildman–Crippen MR) is 132 cm³/mol. The molecule has 0 aromatic heterocycles. The van der Waals surface area contributed by atoms with Gasteiger partial charge in [0.1, 0.15) is 12.4 Å². The third-order valence-electron chi connectivity index (χ3n) is 4.72. The van der Waals surface area contributed by atoms with E-state index in [-0.39, 0.29) is 12.4 Å².